The van der Waals surface area contributed by atoms with Crippen LogP contribution in [-0.2, 0) is 17.3 Å². The molecular weight excluding hydrogens is 476 g/mol. The molecule has 2 atom stereocenters. The predicted molar refractivity (Wildman–Crippen MR) is 122 cm³/mol. The van der Waals surface area contributed by atoms with Crippen LogP contribution in [-0.4, -0.2) is 41.5 Å². The summed E-state index contributed by atoms with van der Waals surface area (Å²) in [6, 6.07) is 5.58. The largest absolute Gasteiger partial charge is 0.352 e. The lowest BCUT2D eigenvalue weighted by atomic mass is 10.1. The number of aryl methyl sites for hydroxylation is 2. The van der Waals surface area contributed by atoms with E-state index in [1.54, 1.807) is 26.1 Å². The topological polar surface area (TPSA) is 96.3 Å². The molecule has 2 aromatic carbocycles. The number of nitrogens with zero attached hydrogens (tertiary/aromatic N) is 3. The van der Waals surface area contributed by atoms with Gasteiger partial charge in [0.2, 0.25) is 0 Å². The molecule has 33 heavy (non-hydrogen) atoms. The van der Waals surface area contributed by atoms with Gasteiger partial charge in [0.15, 0.2) is 0 Å². The minimum Gasteiger partial charge on any atom is -0.352 e. The summed E-state index contributed by atoms with van der Waals surface area (Å²) in [5.74, 6) is -1.23. The lowest BCUT2D eigenvalue weighted by Crippen LogP contribution is -2.36. The van der Waals surface area contributed by atoms with Crippen LogP contribution in [0.4, 0.5) is 25.8 Å². The maximum Gasteiger partial charge on any atom is 0.301 e. The van der Waals surface area contributed by atoms with E-state index in [1.165, 1.54) is 21.3 Å². The second-order valence-electron chi connectivity index (χ2n) is 8.40. The van der Waals surface area contributed by atoms with Gasteiger partial charge >= 0.3 is 10.2 Å². The fourth-order valence-corrected chi connectivity index (χ4v) is 5.90. The Hall–Kier alpha value is -2.76. The molecule has 2 heterocycles. The van der Waals surface area contributed by atoms with Gasteiger partial charge in [-0.2, -0.15) is 12.7 Å². The van der Waals surface area contributed by atoms with E-state index in [9.17, 15) is 22.0 Å². The van der Waals surface area contributed by atoms with Gasteiger partial charge in [0.1, 0.15) is 12.0 Å². The molecule has 0 bridgehead atoms. The number of piperidine rings is 1. The quantitative estimate of drug-likeness (QED) is 0.566. The summed E-state index contributed by atoms with van der Waals surface area (Å²) in [5.41, 5.74) is 1.03. The Kier molecular flexibility index (Phi) is 5.11. The van der Waals surface area contributed by atoms with Crippen molar-refractivity contribution in [3.8, 4) is 0 Å². The van der Waals surface area contributed by atoms with Crippen molar-refractivity contribution < 1.29 is 17.2 Å². The molecule has 2 N–H and O–H groups in total. The molecular formula is C21H20ClF2N5O3S. The number of nitrogens with one attached hydrogen (secondary N) is 2. The van der Waals surface area contributed by atoms with Crippen molar-refractivity contribution in [3.05, 3.63) is 57.3 Å². The first-order chi connectivity index (χ1) is 15.6. The van der Waals surface area contributed by atoms with Crippen molar-refractivity contribution in [3.63, 3.8) is 0 Å². The minimum absolute atomic E-state index is 0.0195. The molecule has 2 unspecified atom stereocenters. The fraction of sp³-hybridized carbons (Fsp3) is 0.333. The number of alkyl halides is 1. The molecule has 2 fully saturated rings. The van der Waals surface area contributed by atoms with E-state index in [0.29, 0.717) is 22.2 Å². The first-order valence-corrected chi connectivity index (χ1v) is 12.0. The molecule has 3 aromatic rings. The second-order valence-corrected chi connectivity index (χ2v) is 10.4. The van der Waals surface area contributed by atoms with E-state index in [2.05, 4.69) is 15.0 Å². The molecule has 8 nitrogen and oxygen atoms in total. The van der Waals surface area contributed by atoms with Gasteiger partial charge in [-0.3, -0.25) is 9.52 Å². The number of fused-ring (bicyclic) bond motifs is 2. The van der Waals surface area contributed by atoms with Crippen LogP contribution in [0.5, 0.6) is 0 Å². The molecule has 2 aliphatic rings. The summed E-state index contributed by atoms with van der Waals surface area (Å²) in [6.07, 6.45) is 0.472. The Labute approximate surface area is 193 Å². The van der Waals surface area contributed by atoms with Crippen LogP contribution in [0.25, 0.3) is 10.9 Å². The number of hydrogen-bond donors (Lipinski definition) is 2. The molecule has 1 saturated carbocycles. The van der Waals surface area contributed by atoms with Crippen molar-refractivity contribution in [2.75, 3.05) is 23.1 Å². The molecule has 1 aliphatic carbocycles. The monoisotopic (exact) mass is 495 g/mol. The minimum atomic E-state index is -3.98. The number of rotatable bonds is 5. The lowest BCUT2D eigenvalue weighted by molar-refractivity contribution is 0.347. The molecule has 174 valence electrons. The molecule has 0 radical (unpaired) electrons. The van der Waals surface area contributed by atoms with Crippen LogP contribution >= 0.6 is 11.6 Å². The first-order valence-electron chi connectivity index (χ1n) is 10.2. The highest BCUT2D eigenvalue weighted by Crippen LogP contribution is 2.49. The van der Waals surface area contributed by atoms with Crippen LogP contribution < -0.4 is 15.6 Å². The SMILES string of the molecule is Cc1c(Nc2c(F)ccc(NS(=O)(=O)N3CC4C(F)C4C3)c2Cl)ccc2ncn(C)c(=O)c12. The van der Waals surface area contributed by atoms with E-state index >= 15 is 0 Å². The molecule has 12 heteroatoms. The first kappa shape index (κ1) is 22.1. The Balaban J connectivity index is 1.47. The number of hydrogen-bond acceptors (Lipinski definition) is 5. The van der Waals surface area contributed by atoms with Gasteiger partial charge in [-0.25, -0.2) is 13.8 Å². The zero-order valence-corrected chi connectivity index (χ0v) is 19.2. The number of anilines is 3. The van der Waals surface area contributed by atoms with Gasteiger partial charge < -0.3 is 9.88 Å². The van der Waals surface area contributed by atoms with Crippen molar-refractivity contribution in [2.45, 2.75) is 13.1 Å². The average molecular weight is 496 g/mol. The Morgan fingerprint density at radius 3 is 2.52 bits per heavy atom. The fourth-order valence-electron chi connectivity index (χ4n) is 4.28. The zero-order valence-electron chi connectivity index (χ0n) is 17.6. The normalized spacial score (nSPS) is 22.4. The van der Waals surface area contributed by atoms with E-state index in [1.807, 2.05) is 0 Å². The highest BCUT2D eigenvalue weighted by molar-refractivity contribution is 7.90. The smallest absolute Gasteiger partial charge is 0.301 e. The zero-order chi connectivity index (χ0) is 23.7. The number of benzene rings is 2. The molecule has 1 saturated heterocycles. The van der Waals surface area contributed by atoms with Gasteiger partial charge in [0.25, 0.3) is 5.56 Å². The number of halogens is 3. The number of aromatic nitrogens is 2. The highest BCUT2D eigenvalue weighted by atomic mass is 35.5. The maximum atomic E-state index is 14.7. The van der Waals surface area contributed by atoms with Crippen LogP contribution in [0.3, 0.4) is 0 Å². The Morgan fingerprint density at radius 1 is 1.15 bits per heavy atom. The van der Waals surface area contributed by atoms with Gasteiger partial charge in [-0.15, -0.1) is 0 Å². The Morgan fingerprint density at radius 2 is 1.82 bits per heavy atom. The van der Waals surface area contributed by atoms with Crippen molar-refractivity contribution >= 4 is 49.8 Å². The van der Waals surface area contributed by atoms with Crippen LogP contribution in [0, 0.1) is 24.6 Å². The standard InChI is InChI=1S/C21H20ClF2N5O3S/c1-10-14(5-6-15-17(10)21(30)28(2)9-25-15)26-20-13(23)3-4-16(18(20)22)27-33(31,32)29-7-11-12(8-29)19(11)24/h3-6,9,11-12,19,26-27H,7-8H2,1-2H3. The van der Waals surface area contributed by atoms with E-state index in [-0.39, 0.29) is 46.9 Å². The molecule has 0 amide bonds. The van der Waals surface area contributed by atoms with E-state index in [4.69, 9.17) is 11.6 Å². The van der Waals surface area contributed by atoms with Gasteiger partial charge in [-0.1, -0.05) is 11.6 Å². The third kappa shape index (κ3) is 3.64. The van der Waals surface area contributed by atoms with Crippen LogP contribution in [0.1, 0.15) is 5.56 Å². The Bertz CT molecular complexity index is 1450. The van der Waals surface area contributed by atoms with E-state index in [0.717, 1.165) is 6.07 Å². The van der Waals surface area contributed by atoms with Crippen LogP contribution in [0.2, 0.25) is 5.02 Å². The lowest BCUT2D eigenvalue weighted by Gasteiger charge is -2.21. The summed E-state index contributed by atoms with van der Waals surface area (Å²) in [7, 11) is -2.40. The molecule has 1 aromatic heterocycles. The van der Waals surface area contributed by atoms with Crippen molar-refractivity contribution in [2.24, 2.45) is 18.9 Å². The third-order valence-corrected chi connectivity index (χ3v) is 8.18. The molecule has 0 spiro atoms. The third-order valence-electron chi connectivity index (χ3n) is 6.33. The van der Waals surface area contributed by atoms with E-state index < -0.39 is 22.2 Å². The highest BCUT2D eigenvalue weighted by Gasteiger charge is 2.59. The molecule has 1 aliphatic heterocycles. The average Bonchev–Trinajstić information content (AvgIpc) is 3.16. The van der Waals surface area contributed by atoms with Gasteiger partial charge in [0.05, 0.1) is 33.6 Å². The summed E-state index contributed by atoms with van der Waals surface area (Å²) >= 11 is 6.38. The second kappa shape index (κ2) is 7.64. The summed E-state index contributed by atoms with van der Waals surface area (Å²) in [6.45, 7) is 1.90. The van der Waals surface area contributed by atoms with Crippen LogP contribution in [0.15, 0.2) is 35.4 Å². The van der Waals surface area contributed by atoms with Crippen molar-refractivity contribution in [1.82, 2.24) is 13.9 Å². The molecule has 5 rings (SSSR count). The summed E-state index contributed by atoms with van der Waals surface area (Å²) in [5, 5.41) is 3.08. The van der Waals surface area contributed by atoms with Gasteiger partial charge in [-0.05, 0) is 36.8 Å². The maximum absolute atomic E-state index is 14.7. The van der Waals surface area contributed by atoms with Crippen molar-refractivity contribution in [1.29, 1.82) is 0 Å². The predicted octanol–water partition coefficient (Wildman–Crippen LogP) is 3.33. The summed E-state index contributed by atoms with van der Waals surface area (Å²) in [4.78, 5) is 16.8. The summed E-state index contributed by atoms with van der Waals surface area (Å²) < 4.78 is 58.4. The van der Waals surface area contributed by atoms with Gasteiger partial charge in [0, 0.05) is 37.7 Å².